The molecule has 4 aliphatic rings. The van der Waals surface area contributed by atoms with E-state index >= 15 is 0 Å². The van der Waals surface area contributed by atoms with Crippen molar-refractivity contribution in [3.63, 3.8) is 0 Å². The van der Waals surface area contributed by atoms with Gasteiger partial charge in [0.2, 0.25) is 0 Å². The van der Waals surface area contributed by atoms with Crippen molar-refractivity contribution in [2.24, 2.45) is 23.7 Å². The number of nitrogens with zero attached hydrogens (tertiary/aromatic N) is 1. The van der Waals surface area contributed by atoms with Gasteiger partial charge in [-0.15, -0.1) is 0 Å². The molecule has 2 saturated carbocycles. The van der Waals surface area contributed by atoms with E-state index in [4.69, 9.17) is 0 Å². The van der Waals surface area contributed by atoms with Crippen molar-refractivity contribution in [3.05, 3.63) is 12.2 Å². The Morgan fingerprint density at radius 2 is 1.93 bits per heavy atom. The minimum atomic E-state index is -0.730. The fourth-order valence-electron chi connectivity index (χ4n) is 7.61. The van der Waals surface area contributed by atoms with Gasteiger partial charge >= 0.3 is 5.97 Å². The van der Waals surface area contributed by atoms with Gasteiger partial charge in [-0.3, -0.25) is 9.69 Å². The predicted molar refractivity (Wildman–Crippen MR) is 117 cm³/mol. The molecule has 2 heterocycles. The van der Waals surface area contributed by atoms with E-state index in [1.807, 2.05) is 6.08 Å². The minimum absolute atomic E-state index is 0.0270. The van der Waals surface area contributed by atoms with Crippen molar-refractivity contribution in [3.8, 4) is 0 Å². The number of rotatable bonds is 7. The van der Waals surface area contributed by atoms with Crippen molar-refractivity contribution in [2.75, 3.05) is 0 Å². The summed E-state index contributed by atoms with van der Waals surface area (Å²) in [6.07, 6.45) is 13.9. The number of hydrogen-bond donors (Lipinski definition) is 3. The lowest BCUT2D eigenvalue weighted by molar-refractivity contribution is -0.164. The fourth-order valence-corrected chi connectivity index (χ4v) is 7.61. The number of carboxylic acid groups (broad SMARTS) is 1. The Labute approximate surface area is 181 Å². The SMILES string of the molecule is CCCC(C)[C@@H](O)/C=C/[C@@H]1[C@H]2CC3CCCC(C(=O)O)(C4CCCC4)N3[C@@H]2C[C@H]1O. The Balaban J connectivity index is 1.57. The normalized spacial score (nSPS) is 41.8. The maximum absolute atomic E-state index is 12.8. The van der Waals surface area contributed by atoms with Crippen LogP contribution >= 0.6 is 0 Å². The Kier molecular flexibility index (Phi) is 6.62. The van der Waals surface area contributed by atoms with Crippen LogP contribution in [0.1, 0.15) is 84.5 Å². The molecule has 2 aliphatic heterocycles. The maximum Gasteiger partial charge on any atom is 0.324 e. The molecule has 0 bridgehead atoms. The van der Waals surface area contributed by atoms with E-state index in [1.165, 1.54) is 0 Å². The van der Waals surface area contributed by atoms with Crippen LogP contribution in [0.3, 0.4) is 0 Å². The van der Waals surface area contributed by atoms with Crippen molar-refractivity contribution in [1.82, 2.24) is 4.90 Å². The van der Waals surface area contributed by atoms with E-state index in [2.05, 4.69) is 24.8 Å². The van der Waals surface area contributed by atoms with Crippen LogP contribution in [0.5, 0.6) is 0 Å². The molecule has 2 aliphatic carbocycles. The molecular formula is C25H41NO4. The van der Waals surface area contributed by atoms with Gasteiger partial charge < -0.3 is 15.3 Å². The molecule has 5 nitrogen and oxygen atoms in total. The van der Waals surface area contributed by atoms with Gasteiger partial charge in [0, 0.05) is 18.0 Å². The molecule has 0 spiro atoms. The van der Waals surface area contributed by atoms with Crippen LogP contribution in [0.2, 0.25) is 0 Å². The second-order valence-electron chi connectivity index (χ2n) is 10.7. The zero-order valence-corrected chi connectivity index (χ0v) is 18.7. The van der Waals surface area contributed by atoms with E-state index in [0.717, 1.165) is 64.2 Å². The first-order valence-corrected chi connectivity index (χ1v) is 12.5. The Morgan fingerprint density at radius 3 is 2.60 bits per heavy atom. The Bertz CT molecular complexity index is 645. The molecule has 4 fully saturated rings. The smallest absolute Gasteiger partial charge is 0.324 e. The van der Waals surface area contributed by atoms with Crippen molar-refractivity contribution in [2.45, 2.75) is 114 Å². The summed E-state index contributed by atoms with van der Waals surface area (Å²) in [7, 11) is 0. The fraction of sp³-hybridized carbons (Fsp3) is 0.880. The maximum atomic E-state index is 12.8. The third kappa shape index (κ3) is 3.65. The van der Waals surface area contributed by atoms with Gasteiger partial charge in [0.15, 0.2) is 0 Å². The van der Waals surface area contributed by atoms with Crippen LogP contribution < -0.4 is 0 Å². The van der Waals surface area contributed by atoms with E-state index in [0.29, 0.717) is 18.4 Å². The number of aliphatic hydroxyl groups is 2. The first-order valence-electron chi connectivity index (χ1n) is 12.5. The molecule has 0 aromatic rings. The molecule has 3 unspecified atom stereocenters. The number of hydrogen-bond acceptors (Lipinski definition) is 4. The average molecular weight is 420 g/mol. The van der Waals surface area contributed by atoms with Gasteiger partial charge in [0.05, 0.1) is 12.2 Å². The van der Waals surface area contributed by atoms with Crippen LogP contribution in [0, 0.1) is 23.7 Å². The first kappa shape index (κ1) is 22.3. The van der Waals surface area contributed by atoms with Crippen molar-refractivity contribution >= 4 is 5.97 Å². The Hall–Kier alpha value is -0.910. The highest BCUT2D eigenvalue weighted by Crippen LogP contribution is 2.55. The standard InChI is InChI=1S/C25H41NO4/c1-3-7-16(2)22(27)12-11-19-20-14-18-10-6-13-25(24(29)30,17-8-4-5-9-17)26(18)21(20)15-23(19)28/h11-12,16-23,27-28H,3-10,13-15H2,1-2H3,(H,29,30)/b12-11+/t16?,18?,19-,20-,21-,22+,23-,25?/m1/s1. The van der Waals surface area contributed by atoms with E-state index in [1.54, 1.807) is 0 Å². The summed E-state index contributed by atoms with van der Waals surface area (Å²) in [5, 5.41) is 31.9. The monoisotopic (exact) mass is 419 g/mol. The highest BCUT2D eigenvalue weighted by atomic mass is 16.4. The number of piperidine rings is 1. The molecule has 0 aromatic carbocycles. The third-order valence-electron chi connectivity index (χ3n) is 9.03. The second kappa shape index (κ2) is 8.91. The lowest BCUT2D eigenvalue weighted by atomic mass is 9.73. The first-order chi connectivity index (χ1) is 14.4. The number of carbonyl (C=O) groups is 1. The largest absolute Gasteiger partial charge is 0.480 e. The molecule has 5 heteroatoms. The summed E-state index contributed by atoms with van der Waals surface area (Å²) in [4.78, 5) is 15.2. The third-order valence-corrected chi connectivity index (χ3v) is 9.03. The average Bonchev–Trinajstić information content (AvgIpc) is 3.42. The number of carboxylic acids is 1. The van der Waals surface area contributed by atoms with Gasteiger partial charge in [0.25, 0.3) is 0 Å². The highest BCUT2D eigenvalue weighted by Gasteiger charge is 2.63. The molecule has 0 amide bonds. The van der Waals surface area contributed by atoms with E-state index in [9.17, 15) is 20.1 Å². The topological polar surface area (TPSA) is 81.0 Å². The molecular weight excluding hydrogens is 378 g/mol. The van der Waals surface area contributed by atoms with Crippen LogP contribution in [0.25, 0.3) is 0 Å². The van der Waals surface area contributed by atoms with E-state index in [-0.39, 0.29) is 23.8 Å². The van der Waals surface area contributed by atoms with Gasteiger partial charge in [-0.25, -0.2) is 0 Å². The van der Waals surface area contributed by atoms with Gasteiger partial charge in [-0.2, -0.15) is 0 Å². The molecule has 4 rings (SSSR count). The lowest BCUT2D eigenvalue weighted by Gasteiger charge is -2.51. The van der Waals surface area contributed by atoms with Crippen LogP contribution in [-0.4, -0.2) is 56.0 Å². The lowest BCUT2D eigenvalue weighted by Crippen LogP contribution is -2.65. The summed E-state index contributed by atoms with van der Waals surface area (Å²) < 4.78 is 0. The summed E-state index contributed by atoms with van der Waals surface area (Å²) in [5.41, 5.74) is -0.730. The second-order valence-corrected chi connectivity index (χ2v) is 10.7. The van der Waals surface area contributed by atoms with E-state index < -0.39 is 23.7 Å². The summed E-state index contributed by atoms with van der Waals surface area (Å²) in [5.74, 6) is 0.168. The van der Waals surface area contributed by atoms with Gasteiger partial charge in [-0.05, 0) is 69.1 Å². The zero-order chi connectivity index (χ0) is 21.5. The molecule has 170 valence electrons. The summed E-state index contributed by atoms with van der Waals surface area (Å²) in [6, 6.07) is 0.486. The molecule has 0 radical (unpaired) electrons. The van der Waals surface area contributed by atoms with Crippen molar-refractivity contribution < 1.29 is 20.1 Å². The van der Waals surface area contributed by atoms with Crippen LogP contribution in [0.15, 0.2) is 12.2 Å². The molecule has 0 aromatic heterocycles. The minimum Gasteiger partial charge on any atom is -0.480 e. The zero-order valence-electron chi connectivity index (χ0n) is 18.7. The van der Waals surface area contributed by atoms with Gasteiger partial charge in [-0.1, -0.05) is 45.3 Å². The summed E-state index contributed by atoms with van der Waals surface area (Å²) in [6.45, 7) is 4.21. The Morgan fingerprint density at radius 1 is 1.20 bits per heavy atom. The molecule has 2 saturated heterocycles. The molecule has 8 atom stereocenters. The number of aliphatic carboxylic acids is 1. The summed E-state index contributed by atoms with van der Waals surface area (Å²) >= 11 is 0. The molecule has 3 N–H and O–H groups in total. The van der Waals surface area contributed by atoms with Crippen LogP contribution in [-0.2, 0) is 4.79 Å². The van der Waals surface area contributed by atoms with Crippen LogP contribution in [0.4, 0.5) is 0 Å². The molecule has 30 heavy (non-hydrogen) atoms. The quantitative estimate of drug-likeness (QED) is 0.544. The van der Waals surface area contributed by atoms with Crippen molar-refractivity contribution in [1.29, 1.82) is 0 Å². The number of fused-ring (bicyclic) bond motifs is 3. The predicted octanol–water partition coefficient (Wildman–Crippen LogP) is 3.98. The highest BCUT2D eigenvalue weighted by molar-refractivity contribution is 5.80. The number of aliphatic hydroxyl groups excluding tert-OH is 2. The van der Waals surface area contributed by atoms with Gasteiger partial charge in [0.1, 0.15) is 5.54 Å².